The maximum Gasteiger partial charge on any atom is 0.326 e. The molecule has 0 saturated carbocycles. The lowest BCUT2D eigenvalue weighted by Gasteiger charge is -2.31. The summed E-state index contributed by atoms with van der Waals surface area (Å²) < 4.78 is 40.2. The second kappa shape index (κ2) is 8.86. The number of H-pyrrole nitrogens is 1. The number of fused-ring (bicyclic) bond motifs is 1. The van der Waals surface area contributed by atoms with Gasteiger partial charge in [-0.05, 0) is 55.7 Å². The van der Waals surface area contributed by atoms with Gasteiger partial charge in [0.05, 0.1) is 22.5 Å². The van der Waals surface area contributed by atoms with Gasteiger partial charge in [-0.25, -0.2) is 13.2 Å². The molecule has 1 aliphatic rings. The monoisotopic (exact) mass is 445 g/mol. The first-order valence-corrected chi connectivity index (χ1v) is 11.8. The van der Waals surface area contributed by atoms with Gasteiger partial charge in [0, 0.05) is 26.2 Å². The van der Waals surface area contributed by atoms with Crippen LogP contribution in [0.2, 0.25) is 0 Å². The van der Waals surface area contributed by atoms with Crippen molar-refractivity contribution in [3.05, 3.63) is 58.5 Å². The predicted octanol–water partition coefficient (Wildman–Crippen LogP) is 2.69. The third-order valence-corrected chi connectivity index (χ3v) is 7.64. The molecule has 0 radical (unpaired) electrons. The second-order valence-electron chi connectivity index (χ2n) is 7.72. The normalized spacial score (nSPS) is 16.1. The van der Waals surface area contributed by atoms with Crippen molar-refractivity contribution in [1.82, 2.24) is 13.9 Å². The van der Waals surface area contributed by atoms with E-state index in [9.17, 15) is 13.2 Å². The second-order valence-corrected chi connectivity index (χ2v) is 9.66. The number of aryl methyl sites for hydroxylation is 1. The molecule has 0 atom stereocenters. The molecule has 0 amide bonds. The number of piperidine rings is 1. The molecule has 1 N–H and O–H groups in total. The number of imidazole rings is 1. The molecule has 0 bridgehead atoms. The molecule has 166 valence electrons. The summed E-state index contributed by atoms with van der Waals surface area (Å²) >= 11 is 0. The number of aromatic amines is 1. The molecule has 1 fully saturated rings. The Balaban J connectivity index is 1.48. The molecular weight excluding hydrogens is 418 g/mol. The molecular formula is C22H27N3O5S. The minimum Gasteiger partial charge on any atom is -0.491 e. The average Bonchev–Trinajstić information content (AvgIpc) is 3.10. The van der Waals surface area contributed by atoms with E-state index in [1.54, 1.807) is 29.9 Å². The fourth-order valence-corrected chi connectivity index (χ4v) is 5.66. The minimum absolute atomic E-state index is 0.0339. The Morgan fingerprint density at radius 1 is 1.10 bits per heavy atom. The summed E-state index contributed by atoms with van der Waals surface area (Å²) in [4.78, 5) is 15.6. The van der Waals surface area contributed by atoms with Gasteiger partial charge in [0.1, 0.15) is 12.4 Å². The van der Waals surface area contributed by atoms with Gasteiger partial charge in [-0.2, -0.15) is 4.31 Å². The maximum absolute atomic E-state index is 13.2. The number of benzene rings is 2. The lowest BCUT2D eigenvalue weighted by molar-refractivity contribution is 0.146. The van der Waals surface area contributed by atoms with Gasteiger partial charge in [0.15, 0.2) is 0 Å². The van der Waals surface area contributed by atoms with Gasteiger partial charge in [-0.1, -0.05) is 12.1 Å². The number of rotatable bonds is 7. The minimum atomic E-state index is -3.61. The number of hydrogen-bond acceptors (Lipinski definition) is 5. The Morgan fingerprint density at radius 3 is 2.55 bits per heavy atom. The van der Waals surface area contributed by atoms with Crippen LogP contribution >= 0.6 is 0 Å². The standard InChI is InChI=1S/C22H27N3O5S/c1-16-15-18(7-8-21(16)30-14-13-29-2)31(27,28)24-11-9-17(10-12-24)25-20-6-4-3-5-19(20)23-22(25)26/h3-8,15,17H,9-14H2,1-2H3,(H,23,26). The summed E-state index contributed by atoms with van der Waals surface area (Å²) in [5.41, 5.74) is 2.26. The average molecular weight is 446 g/mol. The van der Waals surface area contributed by atoms with Crippen molar-refractivity contribution >= 4 is 21.1 Å². The fourth-order valence-electron chi connectivity index (χ4n) is 4.11. The SMILES string of the molecule is COCCOc1ccc(S(=O)(=O)N2CCC(n3c(=O)[nH]c4ccccc43)CC2)cc1C. The number of hydrogen-bond donors (Lipinski definition) is 1. The summed E-state index contributed by atoms with van der Waals surface area (Å²) in [6.07, 6.45) is 1.16. The molecule has 0 aliphatic carbocycles. The van der Waals surface area contributed by atoms with E-state index in [1.807, 2.05) is 31.2 Å². The number of sulfonamides is 1. The van der Waals surface area contributed by atoms with Gasteiger partial charge < -0.3 is 14.5 Å². The third-order valence-electron chi connectivity index (χ3n) is 5.74. The van der Waals surface area contributed by atoms with Crippen molar-refractivity contribution in [3.8, 4) is 5.75 Å². The summed E-state index contributed by atoms with van der Waals surface area (Å²) in [6.45, 7) is 3.43. The summed E-state index contributed by atoms with van der Waals surface area (Å²) in [7, 11) is -2.01. The molecule has 9 heteroatoms. The summed E-state index contributed by atoms with van der Waals surface area (Å²) in [5, 5.41) is 0. The number of nitrogens with zero attached hydrogens (tertiary/aromatic N) is 2. The molecule has 1 aromatic heterocycles. The van der Waals surface area contributed by atoms with E-state index in [0.29, 0.717) is 44.9 Å². The Morgan fingerprint density at radius 2 is 1.84 bits per heavy atom. The number of nitrogens with one attached hydrogen (secondary N) is 1. The van der Waals surface area contributed by atoms with Crippen LogP contribution in [0.25, 0.3) is 11.0 Å². The maximum atomic E-state index is 13.2. The Kier molecular flexibility index (Phi) is 6.17. The molecule has 2 aromatic carbocycles. The number of ether oxygens (including phenoxy) is 2. The van der Waals surface area contributed by atoms with Crippen molar-refractivity contribution in [3.63, 3.8) is 0 Å². The van der Waals surface area contributed by atoms with Crippen LogP contribution in [0.5, 0.6) is 5.75 Å². The summed E-state index contributed by atoms with van der Waals surface area (Å²) in [6, 6.07) is 12.5. The van der Waals surface area contributed by atoms with Gasteiger partial charge in [0.25, 0.3) is 0 Å². The summed E-state index contributed by atoms with van der Waals surface area (Å²) in [5.74, 6) is 0.647. The van der Waals surface area contributed by atoms with E-state index in [4.69, 9.17) is 9.47 Å². The molecule has 1 aliphatic heterocycles. The van der Waals surface area contributed by atoms with Gasteiger partial charge >= 0.3 is 5.69 Å². The van der Waals surface area contributed by atoms with E-state index in [1.165, 1.54) is 4.31 Å². The van der Waals surface area contributed by atoms with Crippen LogP contribution in [0, 0.1) is 6.92 Å². The molecule has 0 spiro atoms. The Hall–Kier alpha value is -2.62. The van der Waals surface area contributed by atoms with Gasteiger partial charge in [-0.15, -0.1) is 0 Å². The van der Waals surface area contributed by atoms with Crippen molar-refractivity contribution in [1.29, 1.82) is 0 Å². The quantitative estimate of drug-likeness (QED) is 0.565. The topological polar surface area (TPSA) is 93.6 Å². The number of aromatic nitrogens is 2. The molecule has 31 heavy (non-hydrogen) atoms. The number of methoxy groups -OCH3 is 1. The van der Waals surface area contributed by atoms with Crippen LogP contribution in [0.15, 0.2) is 52.2 Å². The molecule has 2 heterocycles. The highest BCUT2D eigenvalue weighted by Gasteiger charge is 2.31. The first-order chi connectivity index (χ1) is 14.9. The highest BCUT2D eigenvalue weighted by atomic mass is 32.2. The molecule has 0 unspecified atom stereocenters. The van der Waals surface area contributed by atoms with Gasteiger partial charge in [-0.3, -0.25) is 4.57 Å². The lowest BCUT2D eigenvalue weighted by Crippen LogP contribution is -2.40. The van der Waals surface area contributed by atoms with E-state index in [0.717, 1.165) is 16.6 Å². The van der Waals surface area contributed by atoms with Crippen molar-refractivity contribution in [2.24, 2.45) is 0 Å². The number of para-hydroxylation sites is 2. The van der Waals surface area contributed by atoms with Gasteiger partial charge in [0.2, 0.25) is 10.0 Å². The zero-order chi connectivity index (χ0) is 22.0. The highest BCUT2D eigenvalue weighted by Crippen LogP contribution is 2.30. The highest BCUT2D eigenvalue weighted by molar-refractivity contribution is 7.89. The molecule has 4 rings (SSSR count). The molecule has 3 aromatic rings. The van der Waals surface area contributed by atoms with E-state index in [-0.39, 0.29) is 16.6 Å². The predicted molar refractivity (Wildman–Crippen MR) is 118 cm³/mol. The van der Waals surface area contributed by atoms with Crippen LogP contribution < -0.4 is 10.4 Å². The largest absolute Gasteiger partial charge is 0.491 e. The molecule has 8 nitrogen and oxygen atoms in total. The Bertz CT molecular complexity index is 1220. The smallest absolute Gasteiger partial charge is 0.326 e. The van der Waals surface area contributed by atoms with E-state index < -0.39 is 10.0 Å². The van der Waals surface area contributed by atoms with Crippen molar-refractivity contribution in [2.45, 2.75) is 30.7 Å². The zero-order valence-electron chi connectivity index (χ0n) is 17.7. The van der Waals surface area contributed by atoms with Crippen LogP contribution in [0.4, 0.5) is 0 Å². The van der Waals surface area contributed by atoms with E-state index in [2.05, 4.69) is 4.98 Å². The first-order valence-electron chi connectivity index (χ1n) is 10.3. The zero-order valence-corrected chi connectivity index (χ0v) is 18.5. The fraction of sp³-hybridized carbons (Fsp3) is 0.409. The third kappa shape index (κ3) is 4.26. The van der Waals surface area contributed by atoms with E-state index >= 15 is 0 Å². The van der Waals surface area contributed by atoms with Crippen LogP contribution in [0.3, 0.4) is 0 Å². The lowest BCUT2D eigenvalue weighted by atomic mass is 10.1. The Labute approximate surface area is 181 Å². The molecule has 1 saturated heterocycles. The van der Waals surface area contributed by atoms with Crippen LogP contribution in [-0.2, 0) is 14.8 Å². The van der Waals surface area contributed by atoms with Crippen molar-refractivity contribution in [2.75, 3.05) is 33.4 Å². The van der Waals surface area contributed by atoms with Crippen LogP contribution in [0.1, 0.15) is 24.4 Å². The first kappa shape index (κ1) is 21.6. The van der Waals surface area contributed by atoms with Crippen molar-refractivity contribution < 1.29 is 17.9 Å². The van der Waals surface area contributed by atoms with Crippen LogP contribution in [-0.4, -0.2) is 55.7 Å².